The molecule has 0 fully saturated rings. The van der Waals surface area contributed by atoms with Crippen LogP contribution in [0.3, 0.4) is 0 Å². The molecule has 4 rings (SSSR count). The summed E-state index contributed by atoms with van der Waals surface area (Å²) in [5.41, 5.74) is 2.83. The van der Waals surface area contributed by atoms with Gasteiger partial charge in [-0.3, -0.25) is 13.9 Å². The molecule has 4 aromatic carbocycles. The predicted octanol–water partition coefficient (Wildman–Crippen LogP) is 6.52. The smallest absolute Gasteiger partial charge is 0.264 e. The minimum absolute atomic E-state index is 0.0558. The molecule has 242 valence electrons. The van der Waals surface area contributed by atoms with E-state index in [4.69, 9.17) is 4.74 Å². The van der Waals surface area contributed by atoms with Crippen LogP contribution in [0.4, 0.5) is 5.69 Å². The summed E-state index contributed by atoms with van der Waals surface area (Å²) in [7, 11) is -2.61. The van der Waals surface area contributed by atoms with E-state index in [1.165, 1.54) is 17.0 Å². The van der Waals surface area contributed by atoms with Gasteiger partial charge in [0.25, 0.3) is 10.0 Å². The number of halogens is 1. The molecule has 1 N–H and O–H groups in total. The van der Waals surface area contributed by atoms with E-state index in [1.807, 2.05) is 69.3 Å². The Balaban J connectivity index is 1.81. The summed E-state index contributed by atoms with van der Waals surface area (Å²) in [6.45, 7) is 5.29. The highest BCUT2D eigenvalue weighted by molar-refractivity contribution is 9.10. The van der Waals surface area contributed by atoms with Gasteiger partial charge in [0.1, 0.15) is 18.3 Å². The fourth-order valence-electron chi connectivity index (χ4n) is 4.94. The number of sulfonamides is 1. The molecular weight excluding hydrogens is 666 g/mol. The molecule has 0 radical (unpaired) electrons. The van der Waals surface area contributed by atoms with Gasteiger partial charge in [0.2, 0.25) is 11.8 Å². The first kappa shape index (κ1) is 34.7. The molecule has 0 bridgehead atoms. The van der Waals surface area contributed by atoms with Gasteiger partial charge in [0.05, 0.1) is 17.7 Å². The van der Waals surface area contributed by atoms with Crippen molar-refractivity contribution < 1.29 is 22.7 Å². The number of carbonyl (C=O) groups is 2. The maximum absolute atomic E-state index is 14.6. The zero-order valence-electron chi connectivity index (χ0n) is 26.5. The van der Waals surface area contributed by atoms with Crippen molar-refractivity contribution in [2.24, 2.45) is 0 Å². The summed E-state index contributed by atoms with van der Waals surface area (Å²) in [6.07, 6.45) is 0.946. The Morgan fingerprint density at radius 2 is 1.54 bits per heavy atom. The maximum Gasteiger partial charge on any atom is 0.264 e. The molecule has 2 amide bonds. The highest BCUT2D eigenvalue weighted by atomic mass is 79.9. The van der Waals surface area contributed by atoms with Gasteiger partial charge in [-0.1, -0.05) is 83.0 Å². The van der Waals surface area contributed by atoms with Crippen LogP contribution in [0, 0.1) is 6.92 Å². The lowest BCUT2D eigenvalue weighted by Crippen LogP contribution is -2.54. The molecule has 0 aromatic heterocycles. The zero-order valence-corrected chi connectivity index (χ0v) is 28.9. The van der Waals surface area contributed by atoms with Crippen LogP contribution in [0.25, 0.3) is 0 Å². The predicted molar refractivity (Wildman–Crippen MR) is 185 cm³/mol. The number of methoxy groups -OCH3 is 1. The van der Waals surface area contributed by atoms with E-state index in [0.29, 0.717) is 17.9 Å². The van der Waals surface area contributed by atoms with Crippen molar-refractivity contribution in [3.63, 3.8) is 0 Å². The van der Waals surface area contributed by atoms with Crippen molar-refractivity contribution in [1.82, 2.24) is 10.2 Å². The highest BCUT2D eigenvalue weighted by Gasteiger charge is 2.35. The summed E-state index contributed by atoms with van der Waals surface area (Å²) >= 11 is 3.41. The molecule has 0 spiro atoms. The normalized spacial score (nSPS) is 12.5. The van der Waals surface area contributed by atoms with Crippen LogP contribution in [0.1, 0.15) is 37.0 Å². The van der Waals surface area contributed by atoms with Gasteiger partial charge in [-0.15, -0.1) is 0 Å². The number of nitrogens with zero attached hydrogens (tertiary/aromatic N) is 2. The van der Waals surface area contributed by atoms with Crippen molar-refractivity contribution >= 4 is 43.5 Å². The van der Waals surface area contributed by atoms with Gasteiger partial charge in [-0.25, -0.2) is 8.42 Å². The Kier molecular flexibility index (Phi) is 12.0. The molecule has 0 aliphatic rings. The van der Waals surface area contributed by atoms with Crippen LogP contribution in [-0.4, -0.2) is 50.9 Å². The number of carbonyl (C=O) groups excluding carboxylic acids is 2. The molecule has 0 saturated heterocycles. The van der Waals surface area contributed by atoms with Crippen LogP contribution in [0.2, 0.25) is 0 Å². The second kappa shape index (κ2) is 15.9. The minimum Gasteiger partial charge on any atom is -0.497 e. The largest absolute Gasteiger partial charge is 0.497 e. The van der Waals surface area contributed by atoms with E-state index in [2.05, 4.69) is 21.2 Å². The van der Waals surface area contributed by atoms with Gasteiger partial charge in [-0.2, -0.15) is 0 Å². The minimum atomic E-state index is -4.17. The monoisotopic (exact) mass is 705 g/mol. The second-order valence-corrected chi connectivity index (χ2v) is 14.0. The number of amides is 2. The van der Waals surface area contributed by atoms with Gasteiger partial charge in [-0.05, 0) is 79.9 Å². The Bertz CT molecular complexity index is 1720. The number of rotatable bonds is 14. The van der Waals surface area contributed by atoms with Gasteiger partial charge >= 0.3 is 0 Å². The summed E-state index contributed by atoms with van der Waals surface area (Å²) in [5.74, 6) is -0.236. The number of benzene rings is 4. The van der Waals surface area contributed by atoms with E-state index in [0.717, 1.165) is 25.5 Å². The maximum atomic E-state index is 14.6. The molecule has 0 aliphatic carbocycles. The Morgan fingerprint density at radius 3 is 2.17 bits per heavy atom. The fraction of sp³-hybridized carbons (Fsp3) is 0.278. The molecule has 2 atom stereocenters. The summed E-state index contributed by atoms with van der Waals surface area (Å²) < 4.78 is 35.6. The topological polar surface area (TPSA) is 96.0 Å². The van der Waals surface area contributed by atoms with E-state index < -0.39 is 28.5 Å². The Labute approximate surface area is 280 Å². The molecule has 46 heavy (non-hydrogen) atoms. The average Bonchev–Trinajstić information content (AvgIpc) is 3.06. The van der Waals surface area contributed by atoms with Gasteiger partial charge in [0, 0.05) is 23.5 Å². The number of aryl methyl sites for hydroxylation is 1. The van der Waals surface area contributed by atoms with E-state index >= 15 is 0 Å². The number of hydrogen-bond acceptors (Lipinski definition) is 5. The van der Waals surface area contributed by atoms with Crippen molar-refractivity contribution in [2.75, 3.05) is 18.0 Å². The fourth-order valence-corrected chi connectivity index (χ4v) is 6.61. The third kappa shape index (κ3) is 8.98. The highest BCUT2D eigenvalue weighted by Crippen LogP contribution is 2.27. The van der Waals surface area contributed by atoms with E-state index in [9.17, 15) is 18.0 Å². The summed E-state index contributed by atoms with van der Waals surface area (Å²) in [4.78, 5) is 30.1. The molecule has 0 heterocycles. The van der Waals surface area contributed by atoms with Crippen LogP contribution in [-0.2, 0) is 32.6 Å². The van der Waals surface area contributed by atoms with Crippen LogP contribution >= 0.6 is 15.9 Å². The quantitative estimate of drug-likeness (QED) is 0.161. The van der Waals surface area contributed by atoms with Crippen LogP contribution < -0.4 is 14.4 Å². The third-order valence-corrected chi connectivity index (χ3v) is 10.1. The molecule has 10 heteroatoms. The Morgan fingerprint density at radius 1 is 0.891 bits per heavy atom. The summed E-state index contributed by atoms with van der Waals surface area (Å²) in [5, 5.41) is 3.05. The molecule has 0 unspecified atom stereocenters. The van der Waals surface area contributed by atoms with Crippen molar-refractivity contribution in [2.45, 2.75) is 57.1 Å². The molecule has 0 saturated carbocycles. The van der Waals surface area contributed by atoms with E-state index in [1.54, 1.807) is 49.6 Å². The van der Waals surface area contributed by atoms with Gasteiger partial charge < -0.3 is 15.0 Å². The molecule has 0 aliphatic heterocycles. The first-order valence-corrected chi connectivity index (χ1v) is 17.4. The van der Waals surface area contributed by atoms with Gasteiger partial charge in [0.15, 0.2) is 0 Å². The Hall–Kier alpha value is -4.15. The first-order valence-electron chi connectivity index (χ1n) is 15.1. The zero-order chi connectivity index (χ0) is 33.3. The third-order valence-electron chi connectivity index (χ3n) is 7.76. The van der Waals surface area contributed by atoms with Crippen molar-refractivity contribution in [3.8, 4) is 5.75 Å². The van der Waals surface area contributed by atoms with Crippen molar-refractivity contribution in [1.29, 1.82) is 0 Å². The number of anilines is 1. The standard InChI is InChI=1S/C36H40BrN3O5S/c1-5-27(3)38-36(42)34(23-28-10-7-6-8-11-28)39(24-29-12-9-13-32(22-29)45-4)35(41)25-40(31-18-16-30(37)17-19-31)46(43,44)33-20-14-26(2)15-21-33/h6-22,27,34H,5,23-25H2,1-4H3,(H,38,42)/t27-,34-/m1/s1. The lowest BCUT2D eigenvalue weighted by atomic mass is 10.0. The first-order chi connectivity index (χ1) is 22.0. The number of nitrogens with one attached hydrogen (secondary N) is 1. The lowest BCUT2D eigenvalue weighted by molar-refractivity contribution is -0.140. The van der Waals surface area contributed by atoms with Crippen LogP contribution in [0.15, 0.2) is 112 Å². The van der Waals surface area contributed by atoms with Crippen molar-refractivity contribution in [3.05, 3.63) is 124 Å². The lowest BCUT2D eigenvalue weighted by Gasteiger charge is -2.34. The average molecular weight is 707 g/mol. The number of hydrogen-bond donors (Lipinski definition) is 1. The SMILES string of the molecule is CC[C@@H](C)NC(=O)[C@@H](Cc1ccccc1)N(Cc1cccc(OC)c1)C(=O)CN(c1ccc(Br)cc1)S(=O)(=O)c1ccc(C)cc1. The number of ether oxygens (including phenoxy) is 1. The summed E-state index contributed by atoms with van der Waals surface area (Å²) in [6, 6.07) is 29.0. The molecule has 8 nitrogen and oxygen atoms in total. The molecule has 4 aromatic rings. The van der Waals surface area contributed by atoms with Crippen LogP contribution in [0.5, 0.6) is 5.75 Å². The van der Waals surface area contributed by atoms with E-state index in [-0.39, 0.29) is 29.8 Å². The molecular formula is C36H40BrN3O5S. The second-order valence-electron chi connectivity index (χ2n) is 11.2.